The summed E-state index contributed by atoms with van der Waals surface area (Å²) in [6.45, 7) is 5.96. The summed E-state index contributed by atoms with van der Waals surface area (Å²) in [7, 11) is 1.69. The van der Waals surface area contributed by atoms with Crippen LogP contribution in [0.5, 0.6) is 0 Å². The maximum Gasteiger partial charge on any atom is 0.331 e. The Labute approximate surface area is 118 Å². The van der Waals surface area contributed by atoms with Gasteiger partial charge in [0.05, 0.1) is 6.20 Å². The number of urea groups is 1. The van der Waals surface area contributed by atoms with Crippen LogP contribution in [0.3, 0.4) is 0 Å². The maximum atomic E-state index is 11.9. The normalized spacial score (nSPS) is 15.2. The van der Waals surface area contributed by atoms with Gasteiger partial charge in [-0.2, -0.15) is 5.10 Å². The first kappa shape index (κ1) is 16.0. The second-order valence-electron chi connectivity index (χ2n) is 5.01. The van der Waals surface area contributed by atoms with Crippen molar-refractivity contribution in [3.8, 4) is 0 Å². The van der Waals surface area contributed by atoms with Gasteiger partial charge in [-0.05, 0) is 12.8 Å². The van der Waals surface area contributed by atoms with E-state index in [4.69, 9.17) is 0 Å². The van der Waals surface area contributed by atoms with Crippen LogP contribution in [0.1, 0.15) is 38.8 Å². The molecule has 7 nitrogen and oxygen atoms in total. The molecule has 0 spiro atoms. The van der Waals surface area contributed by atoms with Crippen LogP contribution >= 0.6 is 0 Å². The Morgan fingerprint density at radius 3 is 2.50 bits per heavy atom. The smallest absolute Gasteiger partial charge is 0.331 e. The van der Waals surface area contributed by atoms with E-state index < -0.39 is 18.0 Å². The van der Waals surface area contributed by atoms with Crippen LogP contribution in [0.2, 0.25) is 0 Å². The van der Waals surface area contributed by atoms with Crippen molar-refractivity contribution in [3.63, 3.8) is 0 Å². The second-order valence-corrected chi connectivity index (χ2v) is 5.01. The first-order valence-electron chi connectivity index (χ1n) is 6.63. The third kappa shape index (κ3) is 4.25. The summed E-state index contributed by atoms with van der Waals surface area (Å²) in [6.07, 6.45) is 3.93. The molecule has 0 saturated carbocycles. The van der Waals surface area contributed by atoms with E-state index in [1.54, 1.807) is 13.2 Å². The number of hydrogen-bond acceptors (Lipinski definition) is 3. The third-order valence-corrected chi connectivity index (χ3v) is 3.44. The molecule has 3 N–H and O–H groups in total. The van der Waals surface area contributed by atoms with Crippen LogP contribution < -0.4 is 10.6 Å². The fourth-order valence-corrected chi connectivity index (χ4v) is 1.75. The lowest BCUT2D eigenvalue weighted by Gasteiger charge is -2.21. The SMILES string of the molecule is CCC(C)C(C)NC(=O)NC(C(=O)O)c1cnn(C)c1. The van der Waals surface area contributed by atoms with E-state index in [1.807, 2.05) is 20.8 Å². The molecule has 0 bridgehead atoms. The molecule has 1 aromatic heterocycles. The molecule has 0 aromatic carbocycles. The summed E-state index contributed by atoms with van der Waals surface area (Å²) in [5, 5.41) is 18.3. The van der Waals surface area contributed by atoms with Crippen molar-refractivity contribution in [2.75, 3.05) is 0 Å². The lowest BCUT2D eigenvalue weighted by Crippen LogP contribution is -2.46. The van der Waals surface area contributed by atoms with Gasteiger partial charge in [-0.25, -0.2) is 9.59 Å². The molecule has 0 saturated heterocycles. The van der Waals surface area contributed by atoms with Crippen LogP contribution in [-0.4, -0.2) is 32.9 Å². The largest absolute Gasteiger partial charge is 0.479 e. The van der Waals surface area contributed by atoms with Crippen molar-refractivity contribution in [1.29, 1.82) is 0 Å². The second kappa shape index (κ2) is 6.93. The minimum Gasteiger partial charge on any atom is -0.479 e. The highest BCUT2D eigenvalue weighted by atomic mass is 16.4. The summed E-state index contributed by atoms with van der Waals surface area (Å²) in [6, 6.07) is -1.62. The Kier molecular flexibility index (Phi) is 5.54. The topological polar surface area (TPSA) is 96.2 Å². The first-order chi connectivity index (χ1) is 9.35. The minimum atomic E-state index is -1.12. The van der Waals surface area contributed by atoms with E-state index in [-0.39, 0.29) is 6.04 Å². The van der Waals surface area contributed by atoms with Gasteiger partial charge >= 0.3 is 12.0 Å². The highest BCUT2D eigenvalue weighted by Crippen LogP contribution is 2.12. The molecule has 20 heavy (non-hydrogen) atoms. The summed E-state index contributed by atoms with van der Waals surface area (Å²) >= 11 is 0. The standard InChI is InChI=1S/C13H22N4O3/c1-5-8(2)9(3)15-13(20)16-11(12(18)19)10-6-14-17(4)7-10/h6-9,11H,5H2,1-4H3,(H,18,19)(H2,15,16,20). The molecule has 0 aliphatic heterocycles. The summed E-state index contributed by atoms with van der Waals surface area (Å²) in [5.41, 5.74) is 0.436. The van der Waals surface area contributed by atoms with Crippen molar-refractivity contribution >= 4 is 12.0 Å². The maximum absolute atomic E-state index is 11.9. The molecular weight excluding hydrogens is 260 g/mol. The lowest BCUT2D eigenvalue weighted by molar-refractivity contribution is -0.139. The zero-order valence-electron chi connectivity index (χ0n) is 12.3. The van der Waals surface area contributed by atoms with E-state index >= 15 is 0 Å². The van der Waals surface area contributed by atoms with Crippen LogP contribution in [0.4, 0.5) is 4.79 Å². The van der Waals surface area contributed by atoms with Crippen molar-refractivity contribution in [2.45, 2.75) is 39.3 Å². The van der Waals surface area contributed by atoms with Gasteiger partial charge in [0.1, 0.15) is 0 Å². The van der Waals surface area contributed by atoms with Gasteiger partial charge in [0, 0.05) is 24.8 Å². The molecule has 0 aliphatic carbocycles. The van der Waals surface area contributed by atoms with Crippen LogP contribution in [0.25, 0.3) is 0 Å². The Bertz CT molecular complexity index is 472. The fraction of sp³-hybridized carbons (Fsp3) is 0.615. The minimum absolute atomic E-state index is 0.0247. The van der Waals surface area contributed by atoms with Gasteiger partial charge in [-0.15, -0.1) is 0 Å². The zero-order valence-corrected chi connectivity index (χ0v) is 12.3. The number of aliphatic carboxylic acids is 1. The molecule has 112 valence electrons. The molecule has 0 aliphatic rings. The van der Waals surface area contributed by atoms with Gasteiger partial charge in [0.25, 0.3) is 0 Å². The van der Waals surface area contributed by atoms with Crippen molar-refractivity contribution < 1.29 is 14.7 Å². The van der Waals surface area contributed by atoms with Gasteiger partial charge in [-0.1, -0.05) is 20.3 Å². The average Bonchev–Trinajstić information content (AvgIpc) is 2.80. The number of nitrogens with one attached hydrogen (secondary N) is 2. The number of nitrogens with zero attached hydrogens (tertiary/aromatic N) is 2. The Balaban J connectivity index is 2.67. The predicted molar refractivity (Wildman–Crippen MR) is 74.2 cm³/mol. The van der Waals surface area contributed by atoms with Gasteiger partial charge in [0.2, 0.25) is 0 Å². The molecule has 1 heterocycles. The number of carboxylic acids is 1. The van der Waals surface area contributed by atoms with Crippen LogP contribution in [0, 0.1) is 5.92 Å². The fourth-order valence-electron chi connectivity index (χ4n) is 1.75. The van der Waals surface area contributed by atoms with E-state index in [9.17, 15) is 14.7 Å². The van der Waals surface area contributed by atoms with Crippen molar-refractivity contribution in [1.82, 2.24) is 20.4 Å². The zero-order chi connectivity index (χ0) is 15.3. The number of aromatic nitrogens is 2. The highest BCUT2D eigenvalue weighted by molar-refractivity contribution is 5.83. The Morgan fingerprint density at radius 1 is 1.40 bits per heavy atom. The first-order valence-corrected chi connectivity index (χ1v) is 6.63. The predicted octanol–water partition coefficient (Wildman–Crippen LogP) is 1.28. The van der Waals surface area contributed by atoms with Crippen LogP contribution in [-0.2, 0) is 11.8 Å². The van der Waals surface area contributed by atoms with Gasteiger partial charge in [-0.3, -0.25) is 4.68 Å². The summed E-state index contributed by atoms with van der Waals surface area (Å²) < 4.78 is 1.49. The molecule has 0 fully saturated rings. The monoisotopic (exact) mass is 282 g/mol. The molecule has 3 unspecified atom stereocenters. The Morgan fingerprint density at radius 2 is 2.05 bits per heavy atom. The summed E-state index contributed by atoms with van der Waals surface area (Å²) in [4.78, 5) is 23.1. The molecular formula is C13H22N4O3. The molecule has 2 amide bonds. The Hall–Kier alpha value is -2.05. The third-order valence-electron chi connectivity index (χ3n) is 3.44. The quantitative estimate of drug-likeness (QED) is 0.732. The number of amides is 2. The lowest BCUT2D eigenvalue weighted by atomic mass is 10.0. The van der Waals surface area contributed by atoms with Gasteiger partial charge < -0.3 is 15.7 Å². The number of carboxylic acid groups (broad SMARTS) is 1. The highest BCUT2D eigenvalue weighted by Gasteiger charge is 2.24. The molecule has 7 heteroatoms. The van der Waals surface area contributed by atoms with Crippen molar-refractivity contribution in [2.24, 2.45) is 13.0 Å². The van der Waals surface area contributed by atoms with Crippen LogP contribution in [0.15, 0.2) is 12.4 Å². The van der Waals surface area contributed by atoms with E-state index in [2.05, 4.69) is 15.7 Å². The van der Waals surface area contributed by atoms with Gasteiger partial charge in [0.15, 0.2) is 6.04 Å². The number of hydrogen-bond donors (Lipinski definition) is 3. The average molecular weight is 282 g/mol. The molecule has 0 radical (unpaired) electrons. The van der Waals surface area contributed by atoms with Crippen molar-refractivity contribution in [3.05, 3.63) is 18.0 Å². The van der Waals surface area contributed by atoms with E-state index in [1.165, 1.54) is 10.9 Å². The number of carbonyl (C=O) groups is 2. The number of carbonyl (C=O) groups excluding carboxylic acids is 1. The molecule has 1 aromatic rings. The van der Waals surface area contributed by atoms with E-state index in [0.717, 1.165) is 6.42 Å². The number of rotatable bonds is 6. The number of aryl methyl sites for hydroxylation is 1. The summed E-state index contributed by atoms with van der Waals surface area (Å²) in [5.74, 6) is -0.799. The van der Waals surface area contributed by atoms with E-state index in [0.29, 0.717) is 11.5 Å². The molecule has 1 rings (SSSR count). The molecule has 3 atom stereocenters.